The summed E-state index contributed by atoms with van der Waals surface area (Å²) in [5.41, 5.74) is -1.65. The molecule has 2 aromatic rings. The highest BCUT2D eigenvalue weighted by molar-refractivity contribution is 6.54. The minimum Gasteiger partial charge on any atom is -0.480 e. The number of hydrogen-bond acceptors (Lipinski definition) is 4. The number of allylic oxidation sites excluding steroid dienone is 2. The Morgan fingerprint density at radius 3 is 2.00 bits per heavy atom. The van der Waals surface area contributed by atoms with Crippen molar-refractivity contribution in [2.24, 2.45) is 0 Å². The van der Waals surface area contributed by atoms with Crippen LogP contribution in [0.5, 0.6) is 0 Å². The quantitative estimate of drug-likeness (QED) is 0.187. The Morgan fingerprint density at radius 1 is 0.909 bits per heavy atom. The van der Waals surface area contributed by atoms with Crippen molar-refractivity contribution in [3.8, 4) is 0 Å². The summed E-state index contributed by atoms with van der Waals surface area (Å²) in [5.74, 6) is -4.89. The summed E-state index contributed by atoms with van der Waals surface area (Å²) in [7, 11) is 0. The molecule has 0 aliphatic heterocycles. The van der Waals surface area contributed by atoms with Crippen molar-refractivity contribution in [2.45, 2.75) is 23.3 Å². The fraction of sp³-hybridized carbons (Fsp3) is 0.174. The summed E-state index contributed by atoms with van der Waals surface area (Å²) in [6.45, 7) is 0. The number of aliphatic carboxylic acids is 1. The molecule has 172 valence electrons. The van der Waals surface area contributed by atoms with Crippen LogP contribution >= 0.6 is 58.0 Å². The molecule has 0 amide bonds. The monoisotopic (exact) mass is 546 g/mol. The second-order valence-electron chi connectivity index (χ2n) is 7.11. The Morgan fingerprint density at radius 2 is 1.45 bits per heavy atom. The SMILES string of the molecule is O=C(CC1(OC(=O)C(C(=O)O)c2ccccc2)C(Cl)=C(Cl)C(Cl)=C(Cl)C1Cl)c1ccccc1. The van der Waals surface area contributed by atoms with Gasteiger partial charge in [0.05, 0.1) is 26.5 Å². The van der Waals surface area contributed by atoms with E-state index >= 15 is 0 Å². The average Bonchev–Trinajstić information content (AvgIpc) is 2.81. The van der Waals surface area contributed by atoms with E-state index in [9.17, 15) is 19.5 Å². The van der Waals surface area contributed by atoms with Gasteiger partial charge in [0.15, 0.2) is 17.3 Å². The number of carbonyl (C=O) groups is 3. The van der Waals surface area contributed by atoms with Crippen molar-refractivity contribution >= 4 is 75.7 Å². The Bertz CT molecular complexity index is 1150. The molecule has 3 unspecified atom stereocenters. The molecule has 0 saturated heterocycles. The molecule has 1 aliphatic rings. The van der Waals surface area contributed by atoms with Gasteiger partial charge in [0.1, 0.15) is 5.38 Å². The number of alkyl halides is 1. The molecule has 0 fully saturated rings. The van der Waals surface area contributed by atoms with Crippen LogP contribution in [0.1, 0.15) is 28.3 Å². The van der Waals surface area contributed by atoms with Gasteiger partial charge < -0.3 is 9.84 Å². The largest absolute Gasteiger partial charge is 0.480 e. The van der Waals surface area contributed by atoms with Gasteiger partial charge in [0.25, 0.3) is 0 Å². The summed E-state index contributed by atoms with van der Waals surface area (Å²) in [6, 6.07) is 15.8. The standard InChI is InChI=1S/C23H15Cl5O5/c24-16-17(25)19(27)23(20(28)18(16)26,11-14(29)12-7-3-1-4-8-12)33-22(32)15(21(30)31)13-9-5-2-6-10-13/h1-10,15,19H,11H2,(H,30,31). The van der Waals surface area contributed by atoms with Crippen LogP contribution in [0.3, 0.4) is 0 Å². The van der Waals surface area contributed by atoms with Crippen LogP contribution in [0.2, 0.25) is 0 Å². The highest BCUT2D eigenvalue weighted by Gasteiger charge is 2.54. The van der Waals surface area contributed by atoms with E-state index in [1.807, 2.05) is 0 Å². The molecule has 0 aromatic heterocycles. The molecule has 5 nitrogen and oxygen atoms in total. The van der Waals surface area contributed by atoms with Gasteiger partial charge in [-0.2, -0.15) is 0 Å². The minimum atomic E-state index is -2.10. The topological polar surface area (TPSA) is 80.7 Å². The molecular formula is C23H15Cl5O5. The maximum absolute atomic E-state index is 13.2. The number of ether oxygens (including phenoxy) is 1. The molecule has 33 heavy (non-hydrogen) atoms. The summed E-state index contributed by atoms with van der Waals surface area (Å²) < 4.78 is 5.64. The first-order chi connectivity index (χ1) is 15.6. The smallest absolute Gasteiger partial charge is 0.325 e. The van der Waals surface area contributed by atoms with Crippen LogP contribution < -0.4 is 0 Å². The molecular weight excluding hydrogens is 534 g/mol. The van der Waals surface area contributed by atoms with Crippen LogP contribution in [0.15, 0.2) is 80.8 Å². The van der Waals surface area contributed by atoms with Crippen molar-refractivity contribution in [3.63, 3.8) is 0 Å². The zero-order valence-electron chi connectivity index (χ0n) is 16.6. The number of hydrogen-bond donors (Lipinski definition) is 1. The molecule has 2 aromatic carbocycles. The van der Waals surface area contributed by atoms with E-state index in [0.29, 0.717) is 0 Å². The Balaban J connectivity index is 2.09. The molecule has 3 atom stereocenters. The first-order valence-electron chi connectivity index (χ1n) is 9.44. The summed E-state index contributed by atoms with van der Waals surface area (Å²) in [5, 5.41) is 7.34. The van der Waals surface area contributed by atoms with E-state index in [1.165, 1.54) is 12.1 Å². The second kappa shape index (κ2) is 10.5. The normalized spacial score (nSPS) is 21.5. The van der Waals surface area contributed by atoms with Gasteiger partial charge in [-0.1, -0.05) is 107 Å². The van der Waals surface area contributed by atoms with E-state index in [4.69, 9.17) is 62.7 Å². The summed E-state index contributed by atoms with van der Waals surface area (Å²) >= 11 is 31.6. The number of carbonyl (C=O) groups excluding carboxylic acids is 2. The van der Waals surface area contributed by atoms with E-state index in [1.54, 1.807) is 48.5 Å². The zero-order valence-corrected chi connectivity index (χ0v) is 20.4. The van der Waals surface area contributed by atoms with Crippen molar-refractivity contribution in [1.82, 2.24) is 0 Å². The van der Waals surface area contributed by atoms with Crippen LogP contribution in [0.4, 0.5) is 0 Å². The predicted molar refractivity (Wildman–Crippen MR) is 128 cm³/mol. The molecule has 1 aliphatic carbocycles. The highest BCUT2D eigenvalue weighted by Crippen LogP contribution is 2.51. The molecule has 0 spiro atoms. The van der Waals surface area contributed by atoms with Gasteiger partial charge in [-0.3, -0.25) is 14.4 Å². The molecule has 0 bridgehead atoms. The molecule has 1 N–H and O–H groups in total. The van der Waals surface area contributed by atoms with Gasteiger partial charge in [-0.15, -0.1) is 11.6 Å². The van der Waals surface area contributed by atoms with E-state index in [-0.39, 0.29) is 31.3 Å². The van der Waals surface area contributed by atoms with Crippen LogP contribution in [-0.4, -0.2) is 33.8 Å². The lowest BCUT2D eigenvalue weighted by atomic mass is 9.86. The fourth-order valence-electron chi connectivity index (χ4n) is 3.34. The molecule has 0 heterocycles. The van der Waals surface area contributed by atoms with Gasteiger partial charge in [0, 0.05) is 5.56 Å². The number of carboxylic acid groups (broad SMARTS) is 1. The number of halogens is 5. The highest BCUT2D eigenvalue weighted by atomic mass is 35.5. The van der Waals surface area contributed by atoms with E-state index in [2.05, 4.69) is 0 Å². The average molecular weight is 549 g/mol. The van der Waals surface area contributed by atoms with Gasteiger partial charge in [-0.25, -0.2) is 0 Å². The first-order valence-corrected chi connectivity index (χ1v) is 11.4. The first kappa shape index (κ1) is 25.6. The Hall–Kier alpha value is -2.02. The van der Waals surface area contributed by atoms with Crippen molar-refractivity contribution < 1.29 is 24.2 Å². The minimum absolute atomic E-state index is 0.160. The number of esters is 1. The molecule has 0 radical (unpaired) electrons. The van der Waals surface area contributed by atoms with Crippen LogP contribution in [-0.2, 0) is 14.3 Å². The number of rotatable bonds is 7. The third-order valence-corrected chi connectivity index (χ3v) is 7.67. The zero-order chi connectivity index (χ0) is 24.3. The van der Waals surface area contributed by atoms with E-state index in [0.717, 1.165) is 0 Å². The number of ketones is 1. The second-order valence-corrected chi connectivity index (χ2v) is 9.09. The fourth-order valence-corrected chi connectivity index (χ4v) is 4.94. The van der Waals surface area contributed by atoms with Crippen molar-refractivity contribution in [2.75, 3.05) is 0 Å². The lowest BCUT2D eigenvalue weighted by Gasteiger charge is -2.40. The number of Topliss-reactive ketones (excluding diaryl/α,β-unsaturated/α-hetero) is 1. The summed E-state index contributed by atoms with van der Waals surface area (Å²) in [4.78, 5) is 38.2. The molecule has 10 heteroatoms. The van der Waals surface area contributed by atoms with Crippen LogP contribution in [0.25, 0.3) is 0 Å². The lowest BCUT2D eigenvalue weighted by Crippen LogP contribution is -2.49. The van der Waals surface area contributed by atoms with Gasteiger partial charge in [-0.05, 0) is 5.56 Å². The van der Waals surface area contributed by atoms with Crippen molar-refractivity contribution in [3.05, 3.63) is 91.9 Å². The van der Waals surface area contributed by atoms with Crippen LogP contribution in [0, 0.1) is 0 Å². The molecule has 0 saturated carbocycles. The van der Waals surface area contributed by atoms with Gasteiger partial charge >= 0.3 is 11.9 Å². The maximum Gasteiger partial charge on any atom is 0.325 e. The third kappa shape index (κ3) is 5.08. The number of carboxylic acids is 1. The maximum atomic E-state index is 13.2. The molecule has 3 rings (SSSR count). The predicted octanol–water partition coefficient (Wildman–Crippen LogP) is 6.41. The Kier molecular flexibility index (Phi) is 8.14. The van der Waals surface area contributed by atoms with Gasteiger partial charge in [0.2, 0.25) is 0 Å². The third-order valence-electron chi connectivity index (χ3n) is 5.02. The Labute approximate surface area is 214 Å². The van der Waals surface area contributed by atoms with E-state index < -0.39 is 41.0 Å². The lowest BCUT2D eigenvalue weighted by molar-refractivity contribution is -0.162. The number of benzene rings is 2. The van der Waals surface area contributed by atoms with Crippen molar-refractivity contribution in [1.29, 1.82) is 0 Å². The summed E-state index contributed by atoms with van der Waals surface area (Å²) in [6.07, 6.45) is -0.562.